The molecule has 0 amide bonds. The van der Waals surface area contributed by atoms with Gasteiger partial charge in [-0.1, -0.05) is 30.3 Å². The van der Waals surface area contributed by atoms with Gasteiger partial charge in [-0.25, -0.2) is 0 Å². The molecule has 1 aliphatic heterocycles. The van der Waals surface area contributed by atoms with Gasteiger partial charge in [-0.2, -0.15) is 0 Å². The molecule has 0 aliphatic carbocycles. The van der Waals surface area contributed by atoms with Gasteiger partial charge in [0, 0.05) is 6.54 Å². The first kappa shape index (κ1) is 12.6. The standard InChI is InChI=1S/C15H23NO/c1-16-12-6-11-15(17,13-16)10-5-9-14-7-3-2-4-8-14/h2-4,7-8,17H,5-6,9-13H2,1H3. The van der Waals surface area contributed by atoms with Crippen molar-refractivity contribution in [1.29, 1.82) is 0 Å². The van der Waals surface area contributed by atoms with Crippen LogP contribution in [-0.2, 0) is 6.42 Å². The quantitative estimate of drug-likeness (QED) is 0.863. The molecule has 2 rings (SSSR count). The molecule has 1 N–H and O–H groups in total. The van der Waals surface area contributed by atoms with Crippen LogP contribution in [0.25, 0.3) is 0 Å². The maximum Gasteiger partial charge on any atom is 0.0774 e. The smallest absolute Gasteiger partial charge is 0.0774 e. The second-order valence-corrected chi connectivity index (χ2v) is 5.40. The number of aryl methyl sites for hydroxylation is 1. The summed E-state index contributed by atoms with van der Waals surface area (Å²) in [6.45, 7) is 1.96. The van der Waals surface area contributed by atoms with Crippen molar-refractivity contribution in [2.24, 2.45) is 0 Å². The average Bonchev–Trinajstić information content (AvgIpc) is 2.30. The van der Waals surface area contributed by atoms with E-state index in [1.54, 1.807) is 0 Å². The lowest BCUT2D eigenvalue weighted by molar-refractivity contribution is -0.0306. The van der Waals surface area contributed by atoms with Crippen LogP contribution in [0.15, 0.2) is 30.3 Å². The Morgan fingerprint density at radius 2 is 2.06 bits per heavy atom. The summed E-state index contributed by atoms with van der Waals surface area (Å²) >= 11 is 0. The van der Waals surface area contributed by atoms with Gasteiger partial charge < -0.3 is 10.0 Å². The minimum absolute atomic E-state index is 0.443. The Morgan fingerprint density at radius 3 is 2.76 bits per heavy atom. The SMILES string of the molecule is CN1CCCC(O)(CCCc2ccccc2)C1. The Labute approximate surface area is 104 Å². The minimum atomic E-state index is -0.443. The molecule has 0 radical (unpaired) electrons. The molecule has 1 aromatic carbocycles. The van der Waals surface area contributed by atoms with Crippen molar-refractivity contribution in [1.82, 2.24) is 4.90 Å². The summed E-state index contributed by atoms with van der Waals surface area (Å²) in [4.78, 5) is 2.24. The lowest BCUT2D eigenvalue weighted by Gasteiger charge is -2.37. The normalized spacial score (nSPS) is 26.0. The highest BCUT2D eigenvalue weighted by Crippen LogP contribution is 2.25. The van der Waals surface area contributed by atoms with Gasteiger partial charge >= 0.3 is 0 Å². The molecule has 0 saturated carbocycles. The Bertz CT molecular complexity index is 338. The maximum absolute atomic E-state index is 10.5. The van der Waals surface area contributed by atoms with Crippen LogP contribution >= 0.6 is 0 Å². The molecule has 1 heterocycles. The zero-order valence-electron chi connectivity index (χ0n) is 10.7. The lowest BCUT2D eigenvalue weighted by Crippen LogP contribution is -2.46. The second kappa shape index (κ2) is 5.65. The Kier molecular flexibility index (Phi) is 4.19. The van der Waals surface area contributed by atoms with E-state index in [0.717, 1.165) is 45.2 Å². The van der Waals surface area contributed by atoms with Gasteiger partial charge in [0.15, 0.2) is 0 Å². The second-order valence-electron chi connectivity index (χ2n) is 5.40. The molecule has 1 fully saturated rings. The maximum atomic E-state index is 10.5. The van der Waals surface area contributed by atoms with Crippen molar-refractivity contribution in [2.75, 3.05) is 20.1 Å². The predicted octanol–water partition coefficient (Wildman–Crippen LogP) is 2.47. The first-order valence-corrected chi connectivity index (χ1v) is 6.63. The number of benzene rings is 1. The lowest BCUT2D eigenvalue weighted by atomic mass is 9.87. The van der Waals surface area contributed by atoms with Crippen molar-refractivity contribution in [3.8, 4) is 0 Å². The molecular weight excluding hydrogens is 210 g/mol. The zero-order valence-corrected chi connectivity index (χ0v) is 10.7. The molecule has 1 atom stereocenters. The molecule has 1 saturated heterocycles. The molecule has 2 heteroatoms. The number of likely N-dealkylation sites (N-methyl/N-ethyl adjacent to an activating group) is 1. The monoisotopic (exact) mass is 233 g/mol. The minimum Gasteiger partial charge on any atom is -0.389 e. The number of aliphatic hydroxyl groups is 1. The van der Waals surface area contributed by atoms with Crippen LogP contribution in [0.5, 0.6) is 0 Å². The number of nitrogens with zero attached hydrogens (tertiary/aromatic N) is 1. The summed E-state index contributed by atoms with van der Waals surface area (Å²) in [5.74, 6) is 0. The molecule has 94 valence electrons. The van der Waals surface area contributed by atoms with Gasteiger partial charge in [0.25, 0.3) is 0 Å². The molecule has 1 aliphatic rings. The summed E-state index contributed by atoms with van der Waals surface area (Å²) in [6, 6.07) is 10.5. The first-order valence-electron chi connectivity index (χ1n) is 6.63. The zero-order chi connectivity index (χ0) is 12.1. The van der Waals surface area contributed by atoms with Gasteiger partial charge in [-0.05, 0) is 51.3 Å². The molecule has 1 unspecified atom stereocenters. The van der Waals surface area contributed by atoms with Gasteiger partial charge in [-0.15, -0.1) is 0 Å². The number of likely N-dealkylation sites (tertiary alicyclic amines) is 1. The summed E-state index contributed by atoms with van der Waals surface area (Å²) in [6.07, 6.45) is 5.16. The number of piperidine rings is 1. The van der Waals surface area contributed by atoms with E-state index in [4.69, 9.17) is 0 Å². The van der Waals surface area contributed by atoms with Crippen LogP contribution in [0.2, 0.25) is 0 Å². The van der Waals surface area contributed by atoms with Crippen LogP contribution in [0, 0.1) is 0 Å². The van der Waals surface area contributed by atoms with Crippen molar-refractivity contribution in [2.45, 2.75) is 37.7 Å². The summed E-state index contributed by atoms with van der Waals surface area (Å²) in [5.41, 5.74) is 0.933. The van der Waals surface area contributed by atoms with Crippen LogP contribution in [0.1, 0.15) is 31.2 Å². The molecule has 0 bridgehead atoms. The van der Waals surface area contributed by atoms with Gasteiger partial charge in [-0.3, -0.25) is 0 Å². The van der Waals surface area contributed by atoms with E-state index in [2.05, 4.69) is 36.2 Å². The average molecular weight is 233 g/mol. The summed E-state index contributed by atoms with van der Waals surface area (Å²) < 4.78 is 0. The Hall–Kier alpha value is -0.860. The highest BCUT2D eigenvalue weighted by Gasteiger charge is 2.30. The van der Waals surface area contributed by atoms with E-state index in [1.807, 2.05) is 6.07 Å². The van der Waals surface area contributed by atoms with Crippen molar-refractivity contribution >= 4 is 0 Å². The number of hydrogen-bond acceptors (Lipinski definition) is 2. The predicted molar refractivity (Wildman–Crippen MR) is 71.1 cm³/mol. The third-order valence-corrected chi connectivity index (χ3v) is 3.70. The first-order chi connectivity index (χ1) is 8.18. The topological polar surface area (TPSA) is 23.5 Å². The molecular formula is C15H23NO. The summed E-state index contributed by atoms with van der Waals surface area (Å²) in [5, 5.41) is 10.5. The fourth-order valence-electron chi connectivity index (χ4n) is 2.81. The number of rotatable bonds is 4. The van der Waals surface area contributed by atoms with E-state index in [-0.39, 0.29) is 0 Å². The van der Waals surface area contributed by atoms with Gasteiger partial charge in [0.05, 0.1) is 5.60 Å². The number of β-amino-alcohol motifs (C(OH)–C–C–N with tert-alkyl or cyclic N) is 1. The van der Waals surface area contributed by atoms with Crippen molar-refractivity contribution in [3.05, 3.63) is 35.9 Å². The molecule has 0 aromatic heterocycles. The van der Waals surface area contributed by atoms with Crippen LogP contribution in [0.3, 0.4) is 0 Å². The van der Waals surface area contributed by atoms with E-state index in [1.165, 1.54) is 5.56 Å². The molecule has 1 aromatic rings. The largest absolute Gasteiger partial charge is 0.389 e. The third kappa shape index (κ3) is 3.83. The fraction of sp³-hybridized carbons (Fsp3) is 0.600. The van der Waals surface area contributed by atoms with Gasteiger partial charge in [0.1, 0.15) is 0 Å². The molecule has 0 spiro atoms. The van der Waals surface area contributed by atoms with Crippen LogP contribution in [-0.4, -0.2) is 35.7 Å². The van der Waals surface area contributed by atoms with Crippen LogP contribution < -0.4 is 0 Å². The van der Waals surface area contributed by atoms with Crippen molar-refractivity contribution < 1.29 is 5.11 Å². The molecule has 17 heavy (non-hydrogen) atoms. The van der Waals surface area contributed by atoms with E-state index in [9.17, 15) is 5.11 Å². The van der Waals surface area contributed by atoms with Crippen molar-refractivity contribution in [3.63, 3.8) is 0 Å². The summed E-state index contributed by atoms with van der Waals surface area (Å²) in [7, 11) is 2.10. The Morgan fingerprint density at radius 1 is 1.29 bits per heavy atom. The fourth-order valence-corrected chi connectivity index (χ4v) is 2.81. The highest BCUT2D eigenvalue weighted by atomic mass is 16.3. The highest BCUT2D eigenvalue weighted by molar-refractivity contribution is 5.14. The van der Waals surface area contributed by atoms with E-state index in [0.29, 0.717) is 0 Å². The Balaban J connectivity index is 1.78. The number of hydrogen-bond donors (Lipinski definition) is 1. The molecule has 2 nitrogen and oxygen atoms in total. The van der Waals surface area contributed by atoms with E-state index >= 15 is 0 Å². The van der Waals surface area contributed by atoms with E-state index < -0.39 is 5.60 Å². The third-order valence-electron chi connectivity index (χ3n) is 3.70. The van der Waals surface area contributed by atoms with Gasteiger partial charge in [0.2, 0.25) is 0 Å². The van der Waals surface area contributed by atoms with Crippen LogP contribution in [0.4, 0.5) is 0 Å².